The SMILES string of the molecule is CCOC(=O)Cn1ncc2c1CCCC2N(c1cnc(Oc2ccc(Cl)cc2)c(Br)c1)S(=O)O. The Balaban J connectivity index is 1.60. The third kappa shape index (κ3) is 5.43. The highest BCUT2D eigenvalue weighted by molar-refractivity contribution is 9.10. The van der Waals surface area contributed by atoms with E-state index in [1.54, 1.807) is 48.1 Å². The van der Waals surface area contributed by atoms with E-state index in [0.717, 1.165) is 17.7 Å². The van der Waals surface area contributed by atoms with Crippen LogP contribution >= 0.6 is 27.5 Å². The molecular weight excluding hydrogens is 548 g/mol. The summed E-state index contributed by atoms with van der Waals surface area (Å²) < 4.78 is 37.0. The second kappa shape index (κ2) is 10.9. The average Bonchev–Trinajstić information content (AvgIpc) is 3.20. The predicted molar refractivity (Wildman–Crippen MR) is 131 cm³/mol. The quantitative estimate of drug-likeness (QED) is 0.298. The Bertz CT molecular complexity index is 1210. The minimum Gasteiger partial charge on any atom is -0.465 e. The Morgan fingerprint density at radius 2 is 2.12 bits per heavy atom. The summed E-state index contributed by atoms with van der Waals surface area (Å²) in [4.78, 5) is 16.3. The van der Waals surface area contributed by atoms with E-state index in [4.69, 9.17) is 21.1 Å². The molecule has 0 aliphatic heterocycles. The third-order valence-electron chi connectivity index (χ3n) is 5.34. The highest BCUT2D eigenvalue weighted by atomic mass is 79.9. The Hall–Kier alpha value is -2.47. The van der Waals surface area contributed by atoms with Gasteiger partial charge in [-0.1, -0.05) is 11.6 Å². The molecule has 2 aromatic heterocycles. The second-order valence-corrected chi connectivity index (χ2v) is 9.66. The van der Waals surface area contributed by atoms with E-state index in [2.05, 4.69) is 26.0 Å². The average molecular weight is 570 g/mol. The Morgan fingerprint density at radius 1 is 1.35 bits per heavy atom. The molecule has 0 saturated heterocycles. The summed E-state index contributed by atoms with van der Waals surface area (Å²) in [6, 6.07) is 8.12. The van der Waals surface area contributed by atoms with E-state index in [1.807, 2.05) is 0 Å². The summed E-state index contributed by atoms with van der Waals surface area (Å²) in [6.07, 6.45) is 5.27. The fourth-order valence-corrected chi connectivity index (χ4v) is 5.17. The molecule has 1 aromatic carbocycles. The number of esters is 1. The normalized spacial score (nSPS) is 15.9. The van der Waals surface area contributed by atoms with Gasteiger partial charge in [-0.15, -0.1) is 0 Å². The van der Waals surface area contributed by atoms with Crippen LogP contribution in [0.4, 0.5) is 5.69 Å². The first-order valence-corrected chi connectivity index (χ1v) is 12.8. The lowest BCUT2D eigenvalue weighted by atomic mass is 9.92. The lowest BCUT2D eigenvalue weighted by Gasteiger charge is -2.32. The van der Waals surface area contributed by atoms with Crippen molar-refractivity contribution in [2.75, 3.05) is 10.9 Å². The number of aromatic nitrogens is 3. The van der Waals surface area contributed by atoms with Gasteiger partial charge in [-0.2, -0.15) is 5.10 Å². The summed E-state index contributed by atoms with van der Waals surface area (Å²) in [7, 11) is 0. The molecule has 180 valence electrons. The first kappa shape index (κ1) is 24.6. The number of ether oxygens (including phenoxy) is 2. The van der Waals surface area contributed by atoms with E-state index in [-0.39, 0.29) is 12.5 Å². The number of pyridine rings is 1. The van der Waals surface area contributed by atoms with Gasteiger partial charge in [-0.3, -0.25) is 18.3 Å². The van der Waals surface area contributed by atoms with E-state index < -0.39 is 17.3 Å². The van der Waals surface area contributed by atoms with Gasteiger partial charge in [0.2, 0.25) is 5.88 Å². The van der Waals surface area contributed by atoms with E-state index in [1.165, 1.54) is 10.5 Å². The maximum atomic E-state index is 12.4. The second-order valence-electron chi connectivity index (χ2n) is 7.51. The number of hydrogen-bond donors (Lipinski definition) is 1. The van der Waals surface area contributed by atoms with Crippen molar-refractivity contribution in [2.45, 2.75) is 38.8 Å². The topological polar surface area (TPSA) is 107 Å². The van der Waals surface area contributed by atoms with Gasteiger partial charge >= 0.3 is 5.97 Å². The van der Waals surface area contributed by atoms with Crippen molar-refractivity contribution in [2.24, 2.45) is 0 Å². The number of hydrogen-bond acceptors (Lipinski definition) is 6. The standard InChI is InChI=1S/C22H22BrClN4O5S/c1-2-32-21(29)13-27-19-4-3-5-20(17(19)12-26-27)28(34(30)31)15-10-18(23)22(25-11-15)33-16-8-6-14(24)7-9-16/h6-12,20H,2-5,13H2,1H3,(H,30,31). The number of fused-ring (bicyclic) bond motifs is 1. The van der Waals surface area contributed by atoms with Crippen molar-refractivity contribution in [1.29, 1.82) is 0 Å². The maximum Gasteiger partial charge on any atom is 0.327 e. The molecule has 1 aliphatic carbocycles. The molecule has 34 heavy (non-hydrogen) atoms. The lowest BCUT2D eigenvalue weighted by Crippen LogP contribution is -2.33. The number of carbonyl (C=O) groups is 1. The zero-order valence-electron chi connectivity index (χ0n) is 18.2. The van der Waals surface area contributed by atoms with Gasteiger partial charge in [0.25, 0.3) is 11.3 Å². The minimum absolute atomic E-state index is 0.00193. The maximum absolute atomic E-state index is 12.4. The highest BCUT2D eigenvalue weighted by Crippen LogP contribution is 2.39. The summed E-state index contributed by atoms with van der Waals surface area (Å²) in [6.45, 7) is 2.04. The summed E-state index contributed by atoms with van der Waals surface area (Å²) in [5, 5.41) is 4.94. The Kier molecular flexibility index (Phi) is 7.87. The molecule has 0 amide bonds. The van der Waals surface area contributed by atoms with Crippen molar-refractivity contribution < 1.29 is 23.0 Å². The van der Waals surface area contributed by atoms with Crippen molar-refractivity contribution in [3.8, 4) is 11.6 Å². The van der Waals surface area contributed by atoms with Crippen LogP contribution in [0.1, 0.15) is 37.1 Å². The van der Waals surface area contributed by atoms with Crippen LogP contribution in [-0.2, 0) is 33.8 Å². The van der Waals surface area contributed by atoms with Crippen LogP contribution in [0.25, 0.3) is 0 Å². The number of rotatable bonds is 8. The Labute approximate surface area is 212 Å². The fraction of sp³-hybridized carbons (Fsp3) is 0.318. The molecule has 2 atom stereocenters. The van der Waals surface area contributed by atoms with Crippen LogP contribution in [0.3, 0.4) is 0 Å². The van der Waals surface area contributed by atoms with E-state index >= 15 is 0 Å². The monoisotopic (exact) mass is 568 g/mol. The third-order valence-corrected chi connectivity index (χ3v) is 6.96. The van der Waals surface area contributed by atoms with Gasteiger partial charge < -0.3 is 9.47 Å². The molecule has 9 nitrogen and oxygen atoms in total. The number of halogens is 2. The Morgan fingerprint density at radius 3 is 2.79 bits per heavy atom. The van der Waals surface area contributed by atoms with Crippen LogP contribution in [0, 0.1) is 0 Å². The molecule has 0 spiro atoms. The van der Waals surface area contributed by atoms with Crippen LogP contribution < -0.4 is 9.04 Å². The molecule has 1 aliphatic rings. The van der Waals surface area contributed by atoms with Gasteiger partial charge in [-0.05, 0) is 72.4 Å². The smallest absolute Gasteiger partial charge is 0.327 e. The molecule has 0 fully saturated rings. The van der Waals surface area contributed by atoms with E-state index in [0.29, 0.717) is 46.3 Å². The van der Waals surface area contributed by atoms with Gasteiger partial charge in [0.1, 0.15) is 12.3 Å². The molecular formula is C22H22BrClN4O5S. The molecule has 2 heterocycles. The minimum atomic E-state index is -2.33. The van der Waals surface area contributed by atoms with Crippen LogP contribution in [0.5, 0.6) is 11.6 Å². The molecule has 0 radical (unpaired) electrons. The number of anilines is 1. The highest BCUT2D eigenvalue weighted by Gasteiger charge is 2.33. The summed E-state index contributed by atoms with van der Waals surface area (Å²) >= 11 is 7.03. The van der Waals surface area contributed by atoms with Gasteiger partial charge in [0, 0.05) is 16.3 Å². The van der Waals surface area contributed by atoms with Crippen LogP contribution in [-0.4, -0.2) is 36.1 Å². The predicted octanol–water partition coefficient (Wildman–Crippen LogP) is 5.07. The number of carbonyl (C=O) groups excluding carboxylic acids is 1. The lowest BCUT2D eigenvalue weighted by molar-refractivity contribution is -0.144. The van der Waals surface area contributed by atoms with Crippen LogP contribution in [0.15, 0.2) is 47.2 Å². The molecule has 2 unspecified atom stereocenters. The first-order valence-electron chi connectivity index (χ1n) is 10.6. The van der Waals surface area contributed by atoms with Crippen LogP contribution in [0.2, 0.25) is 5.02 Å². The molecule has 1 N–H and O–H groups in total. The molecule has 12 heteroatoms. The van der Waals surface area contributed by atoms with E-state index in [9.17, 15) is 13.6 Å². The van der Waals surface area contributed by atoms with Crippen molar-refractivity contribution in [1.82, 2.24) is 14.8 Å². The number of nitrogens with zero attached hydrogens (tertiary/aromatic N) is 4. The zero-order chi connectivity index (χ0) is 24.2. The van der Waals surface area contributed by atoms with Crippen molar-refractivity contribution in [3.05, 3.63) is 63.5 Å². The van der Waals surface area contributed by atoms with Crippen molar-refractivity contribution >= 4 is 50.5 Å². The first-order chi connectivity index (χ1) is 16.4. The molecule has 3 aromatic rings. The van der Waals surface area contributed by atoms with Crippen molar-refractivity contribution in [3.63, 3.8) is 0 Å². The summed E-state index contributed by atoms with van der Waals surface area (Å²) in [5.74, 6) is 0.489. The number of benzene rings is 1. The zero-order valence-corrected chi connectivity index (χ0v) is 21.3. The molecule has 4 rings (SSSR count). The molecule has 0 bridgehead atoms. The van der Waals surface area contributed by atoms with Gasteiger partial charge in [0.15, 0.2) is 0 Å². The van der Waals surface area contributed by atoms with Gasteiger partial charge in [0.05, 0.1) is 35.2 Å². The summed E-state index contributed by atoms with van der Waals surface area (Å²) in [5.41, 5.74) is 2.09. The molecule has 0 saturated carbocycles. The fourth-order valence-electron chi connectivity index (χ4n) is 3.91. The van der Waals surface area contributed by atoms with Gasteiger partial charge in [-0.25, -0.2) is 9.19 Å². The largest absolute Gasteiger partial charge is 0.465 e.